The molecule has 1 amide bonds. The minimum absolute atomic E-state index is 0.0831. The van der Waals surface area contributed by atoms with E-state index < -0.39 is 0 Å². The van der Waals surface area contributed by atoms with Gasteiger partial charge in [0.05, 0.1) is 6.21 Å². The van der Waals surface area contributed by atoms with Gasteiger partial charge in [-0.2, -0.15) is 5.10 Å². The van der Waals surface area contributed by atoms with Gasteiger partial charge in [0.25, 0.3) is 5.91 Å². The van der Waals surface area contributed by atoms with E-state index in [-0.39, 0.29) is 12.5 Å². The maximum absolute atomic E-state index is 11.7. The highest BCUT2D eigenvalue weighted by atomic mass is 16.5. The van der Waals surface area contributed by atoms with Crippen LogP contribution in [0.2, 0.25) is 0 Å². The second-order valence-corrected chi connectivity index (χ2v) is 4.75. The molecule has 0 aliphatic rings. The van der Waals surface area contributed by atoms with Crippen molar-refractivity contribution in [2.24, 2.45) is 5.10 Å². The number of nitrogens with zero attached hydrogens (tertiary/aromatic N) is 1. The molecule has 0 radical (unpaired) electrons. The van der Waals surface area contributed by atoms with E-state index in [0.29, 0.717) is 5.76 Å². The molecule has 1 heterocycles. The van der Waals surface area contributed by atoms with Crippen LogP contribution in [0.5, 0.6) is 5.75 Å². The number of hydrogen-bond donors (Lipinski definition) is 1. The monoisotopic (exact) mass is 286 g/mol. The van der Waals surface area contributed by atoms with Gasteiger partial charge in [0, 0.05) is 0 Å². The molecule has 0 fully saturated rings. The molecule has 1 aromatic carbocycles. The van der Waals surface area contributed by atoms with Gasteiger partial charge in [-0.15, -0.1) is 0 Å². The van der Waals surface area contributed by atoms with Crippen molar-refractivity contribution in [2.45, 2.75) is 20.8 Å². The van der Waals surface area contributed by atoms with E-state index in [1.165, 1.54) is 6.21 Å². The fourth-order valence-electron chi connectivity index (χ4n) is 1.89. The standard InChI is InChI=1S/C16H18N2O3/c1-11-5-4-6-12(2)16(11)20-10-15(19)18-17-9-14-8-7-13(3)21-14/h4-9H,10H2,1-3H3,(H,18,19)/b17-9+. The van der Waals surface area contributed by atoms with E-state index in [1.54, 1.807) is 6.07 Å². The largest absolute Gasteiger partial charge is 0.483 e. The Kier molecular flexibility index (Phi) is 4.77. The number of hydrogen-bond acceptors (Lipinski definition) is 4. The van der Waals surface area contributed by atoms with E-state index in [9.17, 15) is 4.79 Å². The smallest absolute Gasteiger partial charge is 0.277 e. The van der Waals surface area contributed by atoms with E-state index >= 15 is 0 Å². The Morgan fingerprint density at radius 2 is 1.95 bits per heavy atom. The number of nitrogens with one attached hydrogen (secondary N) is 1. The van der Waals surface area contributed by atoms with Crippen molar-refractivity contribution in [1.82, 2.24) is 5.43 Å². The van der Waals surface area contributed by atoms with Crippen LogP contribution in [0.4, 0.5) is 0 Å². The van der Waals surface area contributed by atoms with Crippen LogP contribution in [0.3, 0.4) is 0 Å². The molecular weight excluding hydrogens is 268 g/mol. The third kappa shape index (κ3) is 4.21. The molecule has 0 aliphatic heterocycles. The number of rotatable bonds is 5. The quantitative estimate of drug-likeness (QED) is 0.679. The Hall–Kier alpha value is -2.56. The lowest BCUT2D eigenvalue weighted by Crippen LogP contribution is -2.24. The van der Waals surface area contributed by atoms with Crippen molar-refractivity contribution in [2.75, 3.05) is 6.61 Å². The van der Waals surface area contributed by atoms with Gasteiger partial charge in [-0.1, -0.05) is 18.2 Å². The molecule has 0 aliphatic carbocycles. The van der Waals surface area contributed by atoms with Crippen LogP contribution in [0.25, 0.3) is 0 Å². The zero-order valence-electron chi connectivity index (χ0n) is 12.3. The molecule has 0 unspecified atom stereocenters. The Bertz CT molecular complexity index is 639. The van der Waals surface area contributed by atoms with Crippen molar-refractivity contribution in [3.63, 3.8) is 0 Å². The van der Waals surface area contributed by atoms with Crippen LogP contribution in [-0.2, 0) is 4.79 Å². The highest BCUT2D eigenvalue weighted by Crippen LogP contribution is 2.21. The number of benzene rings is 1. The zero-order valence-corrected chi connectivity index (χ0v) is 12.3. The van der Waals surface area contributed by atoms with Crippen molar-refractivity contribution in [3.05, 3.63) is 53.0 Å². The second-order valence-electron chi connectivity index (χ2n) is 4.75. The van der Waals surface area contributed by atoms with Crippen LogP contribution < -0.4 is 10.2 Å². The SMILES string of the molecule is Cc1ccc(/C=N/NC(=O)COc2c(C)cccc2C)o1. The summed E-state index contributed by atoms with van der Waals surface area (Å²) in [4.78, 5) is 11.7. The lowest BCUT2D eigenvalue weighted by molar-refractivity contribution is -0.123. The van der Waals surface area contributed by atoms with E-state index in [0.717, 1.165) is 22.6 Å². The number of ether oxygens (including phenoxy) is 1. The number of carbonyl (C=O) groups is 1. The lowest BCUT2D eigenvalue weighted by Gasteiger charge is -2.10. The highest BCUT2D eigenvalue weighted by molar-refractivity contribution is 5.81. The molecular formula is C16H18N2O3. The van der Waals surface area contributed by atoms with Crippen LogP contribution in [0, 0.1) is 20.8 Å². The first kappa shape index (κ1) is 14.8. The molecule has 0 atom stereocenters. The molecule has 0 spiro atoms. The molecule has 1 N–H and O–H groups in total. The molecule has 2 aromatic rings. The summed E-state index contributed by atoms with van der Waals surface area (Å²) in [6.45, 7) is 5.64. The number of furan rings is 1. The molecule has 2 rings (SSSR count). The topological polar surface area (TPSA) is 63.8 Å². The number of aryl methyl sites for hydroxylation is 3. The molecule has 1 aromatic heterocycles. The normalized spacial score (nSPS) is 10.8. The van der Waals surface area contributed by atoms with Crippen molar-refractivity contribution in [3.8, 4) is 5.75 Å². The number of para-hydroxylation sites is 1. The predicted octanol–water partition coefficient (Wildman–Crippen LogP) is 2.73. The van der Waals surface area contributed by atoms with E-state index in [1.807, 2.05) is 45.0 Å². The van der Waals surface area contributed by atoms with Crippen LogP contribution >= 0.6 is 0 Å². The van der Waals surface area contributed by atoms with E-state index in [4.69, 9.17) is 9.15 Å². The summed E-state index contributed by atoms with van der Waals surface area (Å²) < 4.78 is 10.8. The number of carbonyl (C=O) groups excluding carboxylic acids is 1. The summed E-state index contributed by atoms with van der Waals surface area (Å²) in [6, 6.07) is 9.44. The third-order valence-electron chi connectivity index (χ3n) is 2.90. The first-order chi connectivity index (χ1) is 10.1. The van der Waals surface area contributed by atoms with Gasteiger partial charge in [0.1, 0.15) is 17.3 Å². The van der Waals surface area contributed by atoms with Crippen molar-refractivity contribution in [1.29, 1.82) is 0 Å². The minimum atomic E-state index is -0.322. The molecule has 0 bridgehead atoms. The molecule has 110 valence electrons. The maximum Gasteiger partial charge on any atom is 0.277 e. The Morgan fingerprint density at radius 3 is 2.57 bits per heavy atom. The average molecular weight is 286 g/mol. The van der Waals surface area contributed by atoms with Gasteiger partial charge in [-0.25, -0.2) is 5.43 Å². The van der Waals surface area contributed by atoms with Gasteiger partial charge < -0.3 is 9.15 Å². The summed E-state index contributed by atoms with van der Waals surface area (Å²) in [5.74, 6) is 1.79. The Morgan fingerprint density at radius 1 is 1.24 bits per heavy atom. The molecule has 21 heavy (non-hydrogen) atoms. The lowest BCUT2D eigenvalue weighted by atomic mass is 10.1. The highest BCUT2D eigenvalue weighted by Gasteiger charge is 2.06. The summed E-state index contributed by atoms with van der Waals surface area (Å²) >= 11 is 0. The number of hydrazone groups is 1. The predicted molar refractivity (Wildman–Crippen MR) is 80.6 cm³/mol. The summed E-state index contributed by atoms with van der Waals surface area (Å²) in [5, 5.41) is 3.81. The average Bonchev–Trinajstić information content (AvgIpc) is 2.84. The summed E-state index contributed by atoms with van der Waals surface area (Å²) in [6.07, 6.45) is 1.45. The van der Waals surface area contributed by atoms with Gasteiger partial charge >= 0.3 is 0 Å². The summed E-state index contributed by atoms with van der Waals surface area (Å²) in [5.41, 5.74) is 4.39. The van der Waals surface area contributed by atoms with Gasteiger partial charge in [-0.3, -0.25) is 4.79 Å². The first-order valence-corrected chi connectivity index (χ1v) is 6.63. The van der Waals surface area contributed by atoms with Crippen LogP contribution in [0.15, 0.2) is 39.9 Å². The number of amides is 1. The van der Waals surface area contributed by atoms with E-state index in [2.05, 4.69) is 10.5 Å². The third-order valence-corrected chi connectivity index (χ3v) is 2.90. The Balaban J connectivity index is 1.84. The zero-order chi connectivity index (χ0) is 15.2. The molecule has 5 heteroatoms. The van der Waals surface area contributed by atoms with Gasteiger partial charge in [0.2, 0.25) is 0 Å². The second kappa shape index (κ2) is 6.74. The molecule has 5 nitrogen and oxygen atoms in total. The fraction of sp³-hybridized carbons (Fsp3) is 0.250. The van der Waals surface area contributed by atoms with Crippen molar-refractivity contribution < 1.29 is 13.9 Å². The van der Waals surface area contributed by atoms with Gasteiger partial charge in [-0.05, 0) is 44.0 Å². The fourth-order valence-corrected chi connectivity index (χ4v) is 1.89. The maximum atomic E-state index is 11.7. The van der Waals surface area contributed by atoms with Crippen LogP contribution in [0.1, 0.15) is 22.6 Å². The molecule has 0 saturated heterocycles. The van der Waals surface area contributed by atoms with Crippen LogP contribution in [-0.4, -0.2) is 18.7 Å². The molecule has 0 saturated carbocycles. The Labute approximate surface area is 123 Å². The minimum Gasteiger partial charge on any atom is -0.483 e. The summed E-state index contributed by atoms with van der Waals surface area (Å²) in [7, 11) is 0. The first-order valence-electron chi connectivity index (χ1n) is 6.63. The van der Waals surface area contributed by atoms with Crippen molar-refractivity contribution >= 4 is 12.1 Å². The van der Waals surface area contributed by atoms with Gasteiger partial charge in [0.15, 0.2) is 6.61 Å².